The van der Waals surface area contributed by atoms with Crippen LogP contribution in [-0.2, 0) is 9.53 Å². The standard InChI is InChI=1S/C9H13N3O2/c1-6-4-12-8(5-11-6)7(3-10)9(13)14-2/h4-5,7H,3,10H2,1-2H3. The zero-order valence-electron chi connectivity index (χ0n) is 8.23. The number of esters is 1. The molecule has 0 radical (unpaired) electrons. The summed E-state index contributed by atoms with van der Waals surface area (Å²) in [4.78, 5) is 19.4. The van der Waals surface area contributed by atoms with Crippen molar-refractivity contribution in [2.75, 3.05) is 13.7 Å². The normalized spacial score (nSPS) is 12.2. The number of nitrogens with two attached hydrogens (primary N) is 1. The molecule has 0 bridgehead atoms. The van der Waals surface area contributed by atoms with Gasteiger partial charge in [0.15, 0.2) is 0 Å². The second-order valence-corrected chi connectivity index (χ2v) is 2.89. The average molecular weight is 195 g/mol. The largest absolute Gasteiger partial charge is 0.468 e. The van der Waals surface area contributed by atoms with Crippen molar-refractivity contribution >= 4 is 5.97 Å². The van der Waals surface area contributed by atoms with Gasteiger partial charge in [0.25, 0.3) is 0 Å². The van der Waals surface area contributed by atoms with Crippen LogP contribution in [0.5, 0.6) is 0 Å². The van der Waals surface area contributed by atoms with E-state index >= 15 is 0 Å². The van der Waals surface area contributed by atoms with E-state index in [2.05, 4.69) is 14.7 Å². The molecule has 1 rings (SSSR count). The summed E-state index contributed by atoms with van der Waals surface area (Å²) in [6.45, 7) is 2.00. The highest BCUT2D eigenvalue weighted by molar-refractivity contribution is 5.77. The first kappa shape index (κ1) is 10.6. The fourth-order valence-electron chi connectivity index (χ4n) is 1.06. The van der Waals surface area contributed by atoms with Crippen LogP contribution in [0.2, 0.25) is 0 Å². The van der Waals surface area contributed by atoms with Crippen LogP contribution in [0.1, 0.15) is 17.3 Å². The summed E-state index contributed by atoms with van der Waals surface area (Å²) in [5.41, 5.74) is 6.80. The molecule has 1 atom stereocenters. The summed E-state index contributed by atoms with van der Waals surface area (Å²) in [5.74, 6) is -0.904. The molecule has 1 unspecified atom stereocenters. The third kappa shape index (κ3) is 2.26. The van der Waals surface area contributed by atoms with E-state index < -0.39 is 5.92 Å². The molecule has 1 aromatic heterocycles. The summed E-state index contributed by atoms with van der Waals surface area (Å²) >= 11 is 0. The summed E-state index contributed by atoms with van der Waals surface area (Å²) in [6, 6.07) is 0. The zero-order chi connectivity index (χ0) is 10.6. The van der Waals surface area contributed by atoms with Crippen molar-refractivity contribution in [3.05, 3.63) is 23.8 Å². The van der Waals surface area contributed by atoms with Crippen molar-refractivity contribution in [3.63, 3.8) is 0 Å². The third-order valence-corrected chi connectivity index (χ3v) is 1.88. The highest BCUT2D eigenvalue weighted by Gasteiger charge is 2.21. The van der Waals surface area contributed by atoms with E-state index in [1.807, 2.05) is 6.92 Å². The van der Waals surface area contributed by atoms with Crippen LogP contribution in [0, 0.1) is 6.92 Å². The summed E-state index contributed by atoms with van der Waals surface area (Å²) < 4.78 is 4.60. The van der Waals surface area contributed by atoms with Crippen LogP contribution in [0.4, 0.5) is 0 Å². The Morgan fingerprint density at radius 1 is 1.57 bits per heavy atom. The molecule has 1 aromatic rings. The lowest BCUT2D eigenvalue weighted by molar-refractivity contribution is -0.142. The number of aryl methyl sites for hydroxylation is 1. The number of hydrogen-bond donors (Lipinski definition) is 1. The lowest BCUT2D eigenvalue weighted by Crippen LogP contribution is -2.23. The summed E-state index contributed by atoms with van der Waals surface area (Å²) in [7, 11) is 1.33. The van der Waals surface area contributed by atoms with Gasteiger partial charge < -0.3 is 10.5 Å². The Labute approximate surface area is 82.3 Å². The van der Waals surface area contributed by atoms with Gasteiger partial charge in [-0.2, -0.15) is 0 Å². The van der Waals surface area contributed by atoms with Gasteiger partial charge in [-0.15, -0.1) is 0 Å². The number of aromatic nitrogens is 2. The molecule has 2 N–H and O–H groups in total. The summed E-state index contributed by atoms with van der Waals surface area (Å²) in [6.07, 6.45) is 3.14. The molecular weight excluding hydrogens is 182 g/mol. The SMILES string of the molecule is COC(=O)C(CN)c1cnc(C)cn1. The maximum atomic E-state index is 11.3. The molecule has 0 fully saturated rings. The second-order valence-electron chi connectivity index (χ2n) is 2.89. The highest BCUT2D eigenvalue weighted by atomic mass is 16.5. The van der Waals surface area contributed by atoms with Crippen molar-refractivity contribution in [2.45, 2.75) is 12.8 Å². The van der Waals surface area contributed by atoms with Gasteiger partial charge in [0.05, 0.1) is 18.5 Å². The Kier molecular flexibility index (Phi) is 3.53. The van der Waals surface area contributed by atoms with Crippen LogP contribution in [0.3, 0.4) is 0 Å². The fraction of sp³-hybridized carbons (Fsp3) is 0.444. The number of carbonyl (C=O) groups is 1. The molecule has 0 saturated carbocycles. The molecule has 5 heteroatoms. The molecule has 0 aromatic carbocycles. The number of carbonyl (C=O) groups excluding carboxylic acids is 1. The van der Waals surface area contributed by atoms with Crippen molar-refractivity contribution in [2.24, 2.45) is 5.73 Å². The van der Waals surface area contributed by atoms with Gasteiger partial charge in [0, 0.05) is 18.9 Å². The number of methoxy groups -OCH3 is 1. The van der Waals surface area contributed by atoms with E-state index in [9.17, 15) is 4.79 Å². The maximum absolute atomic E-state index is 11.3. The molecule has 0 saturated heterocycles. The first-order valence-electron chi connectivity index (χ1n) is 4.25. The third-order valence-electron chi connectivity index (χ3n) is 1.88. The van der Waals surface area contributed by atoms with E-state index in [1.54, 1.807) is 12.4 Å². The Morgan fingerprint density at radius 3 is 2.71 bits per heavy atom. The molecule has 0 aliphatic rings. The van der Waals surface area contributed by atoms with E-state index in [4.69, 9.17) is 5.73 Å². The molecule has 0 spiro atoms. The topological polar surface area (TPSA) is 78.1 Å². The van der Waals surface area contributed by atoms with Gasteiger partial charge >= 0.3 is 5.97 Å². The average Bonchev–Trinajstić information content (AvgIpc) is 2.21. The highest BCUT2D eigenvalue weighted by Crippen LogP contribution is 2.12. The first-order chi connectivity index (χ1) is 6.69. The van der Waals surface area contributed by atoms with Crippen LogP contribution in [0.15, 0.2) is 12.4 Å². The maximum Gasteiger partial charge on any atom is 0.316 e. The van der Waals surface area contributed by atoms with Gasteiger partial charge in [-0.25, -0.2) is 0 Å². The Balaban J connectivity index is 2.89. The number of ether oxygens (including phenoxy) is 1. The smallest absolute Gasteiger partial charge is 0.316 e. The lowest BCUT2D eigenvalue weighted by atomic mass is 10.1. The molecule has 5 nitrogen and oxygen atoms in total. The second kappa shape index (κ2) is 4.66. The Hall–Kier alpha value is -1.49. The fourth-order valence-corrected chi connectivity index (χ4v) is 1.06. The minimum Gasteiger partial charge on any atom is -0.468 e. The lowest BCUT2D eigenvalue weighted by Gasteiger charge is -2.10. The quantitative estimate of drug-likeness (QED) is 0.687. The zero-order valence-corrected chi connectivity index (χ0v) is 8.23. The van der Waals surface area contributed by atoms with E-state index in [-0.39, 0.29) is 12.5 Å². The predicted octanol–water partition coefficient (Wildman–Crippen LogP) is 0.000320. The van der Waals surface area contributed by atoms with Crippen molar-refractivity contribution in [1.82, 2.24) is 9.97 Å². The monoisotopic (exact) mass is 195 g/mol. The molecule has 0 amide bonds. The van der Waals surface area contributed by atoms with E-state index in [0.29, 0.717) is 5.69 Å². The minimum absolute atomic E-state index is 0.171. The van der Waals surface area contributed by atoms with Crippen LogP contribution < -0.4 is 5.73 Å². The van der Waals surface area contributed by atoms with Gasteiger partial charge in [-0.3, -0.25) is 14.8 Å². The first-order valence-corrected chi connectivity index (χ1v) is 4.25. The summed E-state index contributed by atoms with van der Waals surface area (Å²) in [5, 5.41) is 0. The van der Waals surface area contributed by atoms with Gasteiger partial charge in [-0.1, -0.05) is 0 Å². The predicted molar refractivity (Wildman–Crippen MR) is 50.6 cm³/mol. The van der Waals surface area contributed by atoms with Gasteiger partial charge in [0.2, 0.25) is 0 Å². The van der Waals surface area contributed by atoms with Crippen molar-refractivity contribution in [3.8, 4) is 0 Å². The minimum atomic E-state index is -0.520. The molecule has 14 heavy (non-hydrogen) atoms. The number of hydrogen-bond acceptors (Lipinski definition) is 5. The Morgan fingerprint density at radius 2 is 2.29 bits per heavy atom. The van der Waals surface area contributed by atoms with Crippen molar-refractivity contribution < 1.29 is 9.53 Å². The van der Waals surface area contributed by atoms with Gasteiger partial charge in [-0.05, 0) is 6.92 Å². The molecular formula is C9H13N3O2. The van der Waals surface area contributed by atoms with E-state index in [0.717, 1.165) is 5.69 Å². The number of rotatable bonds is 3. The number of nitrogens with zero attached hydrogens (tertiary/aromatic N) is 2. The van der Waals surface area contributed by atoms with E-state index in [1.165, 1.54) is 7.11 Å². The van der Waals surface area contributed by atoms with Crippen molar-refractivity contribution in [1.29, 1.82) is 0 Å². The van der Waals surface area contributed by atoms with Gasteiger partial charge in [0.1, 0.15) is 5.92 Å². The van der Waals surface area contributed by atoms with Crippen LogP contribution in [-0.4, -0.2) is 29.6 Å². The molecule has 0 aliphatic carbocycles. The van der Waals surface area contributed by atoms with Crippen LogP contribution >= 0.6 is 0 Å². The molecule has 76 valence electrons. The Bertz CT molecular complexity index is 310. The molecule has 0 aliphatic heterocycles. The van der Waals surface area contributed by atoms with Crippen LogP contribution in [0.25, 0.3) is 0 Å². The molecule has 1 heterocycles.